The summed E-state index contributed by atoms with van der Waals surface area (Å²) in [6.45, 7) is 6.18. The van der Waals surface area contributed by atoms with Gasteiger partial charge in [0.1, 0.15) is 18.3 Å². The third-order valence-electron chi connectivity index (χ3n) is 4.21. The van der Waals surface area contributed by atoms with Gasteiger partial charge in [0.25, 0.3) is 0 Å². The number of carbonyl (C=O) groups excluding carboxylic acids is 1. The Labute approximate surface area is 106 Å². The highest BCUT2D eigenvalue weighted by Crippen LogP contribution is 2.45. The minimum Gasteiger partial charge on any atom is -0.453 e. The Morgan fingerprint density at radius 2 is 1.72 bits per heavy atom. The van der Waals surface area contributed by atoms with Gasteiger partial charge in [-0.1, -0.05) is 6.92 Å². The number of carbonyl (C=O) groups is 1. The molecule has 0 aliphatic carbocycles. The molecule has 3 N–H and O–H groups in total. The maximum atomic E-state index is 11.5. The van der Waals surface area contributed by atoms with Crippen LogP contribution in [0.2, 0.25) is 0 Å². The lowest BCUT2D eigenvalue weighted by Gasteiger charge is -2.34. The zero-order valence-electron chi connectivity index (χ0n) is 11.0. The second-order valence-corrected chi connectivity index (χ2v) is 5.74. The van der Waals surface area contributed by atoms with E-state index in [1.807, 2.05) is 0 Å². The van der Waals surface area contributed by atoms with E-state index in [2.05, 4.69) is 0 Å². The lowest BCUT2D eigenvalue weighted by Crippen LogP contribution is -2.51. The minimum absolute atomic E-state index is 0.460. The Hall–Kier alpha value is -0.690. The van der Waals surface area contributed by atoms with Crippen molar-refractivity contribution in [2.45, 2.75) is 57.4 Å². The Balaban J connectivity index is 2.30. The molecule has 0 aromatic heterocycles. The highest BCUT2D eigenvalue weighted by atomic mass is 16.7. The van der Waals surface area contributed by atoms with Gasteiger partial charge in [-0.05, 0) is 20.8 Å². The topological polar surface area (TPSA) is 96.2 Å². The summed E-state index contributed by atoms with van der Waals surface area (Å²) in [6.07, 6.45) is -2.88. The van der Waals surface area contributed by atoms with Crippen molar-refractivity contribution in [3.8, 4) is 0 Å². The molecule has 0 aromatic carbocycles. The molecule has 18 heavy (non-hydrogen) atoms. The number of cyclic esters (lactones) is 1. The zero-order valence-corrected chi connectivity index (χ0v) is 11.0. The molecule has 2 heterocycles. The normalized spacial score (nSPS) is 56.8. The standard InChI is InChI=1S/C12H20O6/c1-5-8(14)12(4,16)17-9(5)11(3)7(13)6(2)10(15)18-11/h5-9,13-14,16H,1-4H3/t5-,6-,7+,8-,9?,11-,12+/m1/s1. The fraction of sp³-hybridized carbons (Fsp3) is 0.917. The predicted molar refractivity (Wildman–Crippen MR) is 60.3 cm³/mol. The van der Waals surface area contributed by atoms with E-state index in [-0.39, 0.29) is 0 Å². The van der Waals surface area contributed by atoms with Crippen LogP contribution in [0, 0.1) is 11.8 Å². The van der Waals surface area contributed by atoms with E-state index in [4.69, 9.17) is 9.47 Å². The first-order valence-electron chi connectivity index (χ1n) is 6.10. The van der Waals surface area contributed by atoms with Crippen LogP contribution in [0.4, 0.5) is 0 Å². The quantitative estimate of drug-likeness (QED) is 0.545. The van der Waals surface area contributed by atoms with Gasteiger partial charge in [-0.15, -0.1) is 0 Å². The van der Waals surface area contributed by atoms with E-state index in [0.717, 1.165) is 0 Å². The van der Waals surface area contributed by atoms with E-state index < -0.39 is 47.5 Å². The molecule has 0 bridgehead atoms. The van der Waals surface area contributed by atoms with Gasteiger partial charge in [0.05, 0.1) is 5.92 Å². The van der Waals surface area contributed by atoms with Crippen molar-refractivity contribution in [1.82, 2.24) is 0 Å². The number of aliphatic hydroxyl groups excluding tert-OH is 2. The Bertz CT molecular complexity index is 368. The van der Waals surface area contributed by atoms with Crippen LogP contribution in [-0.2, 0) is 14.3 Å². The first kappa shape index (κ1) is 13.7. The molecular weight excluding hydrogens is 240 g/mol. The summed E-state index contributed by atoms with van der Waals surface area (Å²) >= 11 is 0. The molecule has 2 saturated heterocycles. The average molecular weight is 260 g/mol. The van der Waals surface area contributed by atoms with Crippen molar-refractivity contribution in [2.24, 2.45) is 11.8 Å². The zero-order chi connectivity index (χ0) is 13.9. The van der Waals surface area contributed by atoms with E-state index >= 15 is 0 Å². The summed E-state index contributed by atoms with van der Waals surface area (Å²) < 4.78 is 10.6. The summed E-state index contributed by atoms with van der Waals surface area (Å²) in [5.74, 6) is -3.31. The van der Waals surface area contributed by atoms with Gasteiger partial charge in [-0.25, -0.2) is 0 Å². The SMILES string of the molecule is C[C@H]1C(=O)O[C@@](C)(C2O[C@](C)(O)[C@H](O)[C@H]2C)[C@H]1O. The smallest absolute Gasteiger partial charge is 0.312 e. The van der Waals surface area contributed by atoms with Gasteiger partial charge in [0.2, 0.25) is 0 Å². The van der Waals surface area contributed by atoms with Crippen LogP contribution in [0.5, 0.6) is 0 Å². The number of hydrogen-bond donors (Lipinski definition) is 3. The monoisotopic (exact) mass is 260 g/mol. The van der Waals surface area contributed by atoms with E-state index in [1.54, 1.807) is 20.8 Å². The molecule has 104 valence electrons. The van der Waals surface area contributed by atoms with Gasteiger partial charge in [-0.2, -0.15) is 0 Å². The molecule has 2 aliphatic rings. The third-order valence-corrected chi connectivity index (χ3v) is 4.21. The van der Waals surface area contributed by atoms with Crippen molar-refractivity contribution < 1.29 is 29.6 Å². The number of hydrogen-bond acceptors (Lipinski definition) is 6. The van der Waals surface area contributed by atoms with Crippen LogP contribution in [0.1, 0.15) is 27.7 Å². The van der Waals surface area contributed by atoms with Crippen LogP contribution in [0.15, 0.2) is 0 Å². The van der Waals surface area contributed by atoms with Gasteiger partial charge < -0.3 is 24.8 Å². The van der Waals surface area contributed by atoms with Gasteiger partial charge in [0, 0.05) is 5.92 Å². The fourth-order valence-corrected chi connectivity index (χ4v) is 2.95. The van der Waals surface area contributed by atoms with Crippen molar-refractivity contribution in [3.05, 3.63) is 0 Å². The molecular formula is C12H20O6. The molecule has 0 spiro atoms. The highest BCUT2D eigenvalue weighted by molar-refractivity contribution is 5.76. The maximum absolute atomic E-state index is 11.5. The Morgan fingerprint density at radius 3 is 2.06 bits per heavy atom. The molecule has 1 unspecified atom stereocenters. The van der Waals surface area contributed by atoms with Gasteiger partial charge in [0.15, 0.2) is 11.4 Å². The van der Waals surface area contributed by atoms with Crippen LogP contribution in [0.25, 0.3) is 0 Å². The van der Waals surface area contributed by atoms with Crippen molar-refractivity contribution >= 4 is 5.97 Å². The van der Waals surface area contributed by atoms with Crippen LogP contribution >= 0.6 is 0 Å². The highest BCUT2D eigenvalue weighted by Gasteiger charge is 2.63. The lowest BCUT2D eigenvalue weighted by atomic mass is 9.81. The minimum atomic E-state index is -1.70. The molecule has 0 saturated carbocycles. The summed E-state index contributed by atoms with van der Waals surface area (Å²) in [4.78, 5) is 11.5. The van der Waals surface area contributed by atoms with E-state index in [0.29, 0.717) is 0 Å². The van der Waals surface area contributed by atoms with E-state index in [1.165, 1.54) is 6.92 Å². The predicted octanol–water partition coefficient (Wildman–Crippen LogP) is -0.597. The summed E-state index contributed by atoms with van der Waals surface area (Å²) in [6, 6.07) is 0. The first-order valence-corrected chi connectivity index (χ1v) is 6.10. The summed E-state index contributed by atoms with van der Waals surface area (Å²) in [7, 11) is 0. The van der Waals surface area contributed by atoms with Gasteiger partial charge >= 0.3 is 5.97 Å². The number of esters is 1. The molecule has 2 rings (SSSR count). The summed E-state index contributed by atoms with van der Waals surface area (Å²) in [5, 5.41) is 29.9. The number of rotatable bonds is 1. The molecule has 6 heteroatoms. The van der Waals surface area contributed by atoms with Crippen LogP contribution in [0.3, 0.4) is 0 Å². The molecule has 2 fully saturated rings. The molecule has 7 atom stereocenters. The van der Waals surface area contributed by atoms with Gasteiger partial charge in [-0.3, -0.25) is 4.79 Å². The molecule has 0 amide bonds. The average Bonchev–Trinajstić information content (AvgIpc) is 2.61. The first-order chi connectivity index (χ1) is 8.11. The van der Waals surface area contributed by atoms with E-state index in [9.17, 15) is 20.1 Å². The summed E-state index contributed by atoms with van der Waals surface area (Å²) in [5.41, 5.74) is -1.25. The molecule has 0 radical (unpaired) electrons. The van der Waals surface area contributed by atoms with Crippen molar-refractivity contribution in [2.75, 3.05) is 0 Å². The Morgan fingerprint density at radius 1 is 1.17 bits per heavy atom. The number of ether oxygens (including phenoxy) is 2. The Kier molecular flexibility index (Phi) is 2.98. The molecule has 6 nitrogen and oxygen atoms in total. The largest absolute Gasteiger partial charge is 0.453 e. The van der Waals surface area contributed by atoms with Crippen molar-refractivity contribution in [1.29, 1.82) is 0 Å². The second kappa shape index (κ2) is 3.90. The lowest BCUT2D eigenvalue weighted by molar-refractivity contribution is -0.243. The second-order valence-electron chi connectivity index (χ2n) is 5.74. The fourth-order valence-electron chi connectivity index (χ4n) is 2.95. The van der Waals surface area contributed by atoms with Crippen LogP contribution in [-0.4, -0.2) is 51.0 Å². The number of aliphatic hydroxyl groups is 3. The van der Waals surface area contributed by atoms with Crippen molar-refractivity contribution in [3.63, 3.8) is 0 Å². The maximum Gasteiger partial charge on any atom is 0.312 e. The molecule has 2 aliphatic heterocycles. The van der Waals surface area contributed by atoms with Crippen LogP contribution < -0.4 is 0 Å². The third kappa shape index (κ3) is 1.67. The molecule has 0 aromatic rings.